The van der Waals surface area contributed by atoms with E-state index in [4.69, 9.17) is 9.84 Å². The summed E-state index contributed by atoms with van der Waals surface area (Å²) in [7, 11) is 0. The van der Waals surface area contributed by atoms with Crippen LogP contribution in [0.2, 0.25) is 0 Å². The minimum absolute atomic E-state index is 0.0638. The van der Waals surface area contributed by atoms with Gasteiger partial charge in [0.2, 0.25) is 0 Å². The molecule has 1 N–H and O–H groups in total. The van der Waals surface area contributed by atoms with Crippen LogP contribution in [0.4, 0.5) is 0 Å². The van der Waals surface area contributed by atoms with Gasteiger partial charge in [-0.15, -0.1) is 0 Å². The fourth-order valence-corrected chi connectivity index (χ4v) is 2.09. The Hall–Kier alpha value is -1.55. The summed E-state index contributed by atoms with van der Waals surface area (Å²) in [5.74, 6) is 0.525. The Morgan fingerprint density at radius 1 is 1.35 bits per heavy atom. The molecule has 1 aromatic carbocycles. The predicted octanol–water partition coefficient (Wildman–Crippen LogP) is 2.72. The Labute approximate surface area is 121 Å². The Morgan fingerprint density at radius 2 is 2.05 bits per heavy atom. The number of aryl methyl sites for hydroxylation is 2. The van der Waals surface area contributed by atoms with Gasteiger partial charge in [-0.2, -0.15) is 0 Å². The van der Waals surface area contributed by atoms with Crippen molar-refractivity contribution in [3.63, 3.8) is 0 Å². The highest BCUT2D eigenvalue weighted by atomic mass is 16.5. The summed E-state index contributed by atoms with van der Waals surface area (Å²) in [5.41, 5.74) is 2.26. The summed E-state index contributed by atoms with van der Waals surface area (Å²) in [6.45, 7) is 10.2. The van der Waals surface area contributed by atoms with E-state index in [2.05, 4.69) is 19.9 Å². The smallest absolute Gasteiger partial charge is 0.317 e. The maximum atomic E-state index is 10.8. The van der Waals surface area contributed by atoms with Crippen LogP contribution in [-0.4, -0.2) is 42.2 Å². The van der Waals surface area contributed by atoms with Gasteiger partial charge in [-0.05, 0) is 37.0 Å². The number of hydrogen-bond acceptors (Lipinski definition) is 3. The number of rotatable bonds is 8. The van der Waals surface area contributed by atoms with Crippen molar-refractivity contribution < 1.29 is 14.6 Å². The van der Waals surface area contributed by atoms with Crippen LogP contribution in [0.25, 0.3) is 0 Å². The lowest BCUT2D eigenvalue weighted by molar-refractivity contribution is -0.138. The van der Waals surface area contributed by atoms with E-state index in [-0.39, 0.29) is 6.54 Å². The molecule has 4 heteroatoms. The minimum atomic E-state index is -0.794. The SMILES string of the molecule is Cc1ccc(C)c(OCCN(CC(=O)O)CC(C)C)c1. The van der Waals surface area contributed by atoms with Crippen molar-refractivity contribution in [3.8, 4) is 5.75 Å². The highest BCUT2D eigenvalue weighted by Crippen LogP contribution is 2.18. The van der Waals surface area contributed by atoms with Crippen molar-refractivity contribution in [2.75, 3.05) is 26.2 Å². The zero-order chi connectivity index (χ0) is 15.1. The standard InChI is InChI=1S/C16H25NO3/c1-12(2)10-17(11-16(18)19)7-8-20-15-9-13(3)5-6-14(15)4/h5-6,9,12H,7-8,10-11H2,1-4H3,(H,18,19). The van der Waals surface area contributed by atoms with Crippen LogP contribution < -0.4 is 4.74 Å². The predicted molar refractivity (Wildman–Crippen MR) is 80.3 cm³/mol. The van der Waals surface area contributed by atoms with Crippen molar-refractivity contribution in [3.05, 3.63) is 29.3 Å². The molecule has 0 saturated heterocycles. The maximum absolute atomic E-state index is 10.8. The summed E-state index contributed by atoms with van der Waals surface area (Å²) in [6, 6.07) is 6.10. The first kappa shape index (κ1) is 16.5. The third-order valence-electron chi connectivity index (χ3n) is 2.99. The van der Waals surface area contributed by atoms with Gasteiger partial charge in [-0.1, -0.05) is 26.0 Å². The largest absolute Gasteiger partial charge is 0.492 e. The highest BCUT2D eigenvalue weighted by Gasteiger charge is 2.11. The molecular formula is C16H25NO3. The van der Waals surface area contributed by atoms with Gasteiger partial charge >= 0.3 is 5.97 Å². The molecule has 0 aliphatic rings. The first-order chi connectivity index (χ1) is 9.38. The number of carbonyl (C=O) groups is 1. The van der Waals surface area contributed by atoms with Gasteiger partial charge in [0.05, 0.1) is 6.54 Å². The molecule has 112 valence electrons. The fraction of sp³-hybridized carbons (Fsp3) is 0.562. The van der Waals surface area contributed by atoms with Gasteiger partial charge in [0.1, 0.15) is 12.4 Å². The zero-order valence-corrected chi connectivity index (χ0v) is 12.8. The lowest BCUT2D eigenvalue weighted by Crippen LogP contribution is -2.36. The second kappa shape index (κ2) is 7.90. The van der Waals surface area contributed by atoms with Crippen LogP contribution in [0.3, 0.4) is 0 Å². The summed E-state index contributed by atoms with van der Waals surface area (Å²) in [6.07, 6.45) is 0. The van der Waals surface area contributed by atoms with Gasteiger partial charge in [-0.25, -0.2) is 0 Å². The van der Waals surface area contributed by atoms with Crippen molar-refractivity contribution in [1.82, 2.24) is 4.90 Å². The van der Waals surface area contributed by atoms with Crippen LogP contribution in [0.1, 0.15) is 25.0 Å². The van der Waals surface area contributed by atoms with Crippen LogP contribution >= 0.6 is 0 Å². The lowest BCUT2D eigenvalue weighted by Gasteiger charge is -2.22. The highest BCUT2D eigenvalue weighted by molar-refractivity contribution is 5.69. The molecular weight excluding hydrogens is 254 g/mol. The minimum Gasteiger partial charge on any atom is -0.492 e. The van der Waals surface area contributed by atoms with Crippen LogP contribution in [0.15, 0.2) is 18.2 Å². The molecule has 4 nitrogen and oxygen atoms in total. The molecule has 0 spiro atoms. The van der Waals surface area contributed by atoms with E-state index in [0.717, 1.165) is 23.4 Å². The number of carboxylic acids is 1. The third kappa shape index (κ3) is 6.06. The van der Waals surface area contributed by atoms with Gasteiger partial charge in [-0.3, -0.25) is 9.69 Å². The quantitative estimate of drug-likeness (QED) is 0.795. The number of ether oxygens (including phenoxy) is 1. The van der Waals surface area contributed by atoms with E-state index in [9.17, 15) is 4.79 Å². The molecule has 0 radical (unpaired) electrons. The lowest BCUT2D eigenvalue weighted by atomic mass is 10.1. The number of aliphatic carboxylic acids is 1. The Balaban J connectivity index is 2.50. The molecule has 0 amide bonds. The van der Waals surface area contributed by atoms with E-state index >= 15 is 0 Å². The summed E-state index contributed by atoms with van der Waals surface area (Å²) in [4.78, 5) is 12.8. The molecule has 0 aromatic heterocycles. The molecule has 0 fully saturated rings. The second-order valence-electron chi connectivity index (χ2n) is 5.64. The molecule has 0 aliphatic carbocycles. The Bertz CT molecular complexity index is 443. The first-order valence-corrected chi connectivity index (χ1v) is 7.02. The molecule has 0 aliphatic heterocycles. The molecule has 0 atom stereocenters. The molecule has 1 rings (SSSR count). The number of nitrogens with zero attached hydrogens (tertiary/aromatic N) is 1. The zero-order valence-electron chi connectivity index (χ0n) is 12.8. The first-order valence-electron chi connectivity index (χ1n) is 7.02. The molecule has 0 bridgehead atoms. The average Bonchev–Trinajstić information content (AvgIpc) is 2.32. The van der Waals surface area contributed by atoms with Gasteiger partial charge in [0.15, 0.2) is 0 Å². The molecule has 0 saturated carbocycles. The molecule has 20 heavy (non-hydrogen) atoms. The summed E-state index contributed by atoms with van der Waals surface area (Å²) >= 11 is 0. The van der Waals surface area contributed by atoms with Crippen LogP contribution in [0, 0.1) is 19.8 Å². The van der Waals surface area contributed by atoms with Crippen molar-refractivity contribution >= 4 is 5.97 Å². The maximum Gasteiger partial charge on any atom is 0.317 e. The second-order valence-corrected chi connectivity index (χ2v) is 5.64. The van der Waals surface area contributed by atoms with E-state index in [1.165, 1.54) is 0 Å². The number of hydrogen-bond donors (Lipinski definition) is 1. The van der Waals surface area contributed by atoms with Gasteiger partial charge in [0, 0.05) is 13.1 Å². The van der Waals surface area contributed by atoms with Crippen LogP contribution in [-0.2, 0) is 4.79 Å². The summed E-state index contributed by atoms with van der Waals surface area (Å²) in [5, 5.41) is 8.91. The average molecular weight is 279 g/mol. The number of carboxylic acid groups (broad SMARTS) is 1. The summed E-state index contributed by atoms with van der Waals surface area (Å²) < 4.78 is 5.78. The van der Waals surface area contributed by atoms with Gasteiger partial charge < -0.3 is 9.84 Å². The van der Waals surface area contributed by atoms with Crippen LogP contribution in [0.5, 0.6) is 5.75 Å². The number of benzene rings is 1. The van der Waals surface area contributed by atoms with Gasteiger partial charge in [0.25, 0.3) is 0 Å². The molecule has 1 aromatic rings. The van der Waals surface area contributed by atoms with Crippen molar-refractivity contribution in [2.45, 2.75) is 27.7 Å². The van der Waals surface area contributed by atoms with E-state index < -0.39 is 5.97 Å². The van der Waals surface area contributed by atoms with E-state index in [1.807, 2.05) is 30.9 Å². The molecule has 0 unspecified atom stereocenters. The molecule has 0 heterocycles. The van der Waals surface area contributed by atoms with Crippen molar-refractivity contribution in [2.24, 2.45) is 5.92 Å². The normalized spacial score (nSPS) is 11.1. The van der Waals surface area contributed by atoms with E-state index in [0.29, 0.717) is 19.1 Å². The van der Waals surface area contributed by atoms with E-state index in [1.54, 1.807) is 0 Å². The Morgan fingerprint density at radius 3 is 2.65 bits per heavy atom. The Kier molecular flexibility index (Phi) is 6.52. The van der Waals surface area contributed by atoms with Crippen molar-refractivity contribution in [1.29, 1.82) is 0 Å². The third-order valence-corrected chi connectivity index (χ3v) is 2.99. The topological polar surface area (TPSA) is 49.8 Å². The fourth-order valence-electron chi connectivity index (χ4n) is 2.09. The monoisotopic (exact) mass is 279 g/mol.